The van der Waals surface area contributed by atoms with Gasteiger partial charge in [-0.1, -0.05) is 19.8 Å². The fourth-order valence-electron chi connectivity index (χ4n) is 4.95. The molecule has 21 heavy (non-hydrogen) atoms. The molecule has 3 saturated carbocycles. The quantitative estimate of drug-likeness (QED) is 0.462. The average molecular weight is 298 g/mol. The van der Waals surface area contributed by atoms with Crippen molar-refractivity contribution < 1.29 is 9.92 Å². The number of fused-ring (bicyclic) bond motifs is 5. The summed E-state index contributed by atoms with van der Waals surface area (Å²) in [6.07, 6.45) is 9.18. The second-order valence-corrected chi connectivity index (χ2v) is 7.53. The van der Waals surface area contributed by atoms with Crippen LogP contribution in [0.1, 0.15) is 65.2 Å². The molecule has 3 aliphatic carbocycles. The number of hydrogen-bond acceptors (Lipinski definition) is 4. The van der Waals surface area contributed by atoms with Crippen LogP contribution in [0.2, 0.25) is 0 Å². The maximum atomic E-state index is 10.2. The summed E-state index contributed by atoms with van der Waals surface area (Å²) < 4.78 is 0. The van der Waals surface area contributed by atoms with Crippen LogP contribution < -0.4 is 5.73 Å². The Morgan fingerprint density at radius 3 is 2.76 bits per heavy atom. The predicted molar refractivity (Wildman–Crippen MR) is 82.1 cm³/mol. The van der Waals surface area contributed by atoms with E-state index in [0.717, 1.165) is 43.4 Å². The topological polar surface area (TPSA) is 78.4 Å². The smallest absolute Gasteiger partial charge is 0.294 e. The summed E-state index contributed by atoms with van der Waals surface area (Å²) in [5.74, 6) is 2.98. The van der Waals surface area contributed by atoms with Crippen LogP contribution in [0.25, 0.3) is 0 Å². The molecule has 2 N–H and O–H groups in total. The summed E-state index contributed by atoms with van der Waals surface area (Å²) in [4.78, 5) is 14.7. The van der Waals surface area contributed by atoms with E-state index in [4.69, 9.17) is 5.73 Å². The highest BCUT2D eigenvalue weighted by atomic mass is 16.9. The molecule has 0 aromatic rings. The second kappa shape index (κ2) is 6.95. The molecule has 0 aliphatic heterocycles. The van der Waals surface area contributed by atoms with Gasteiger partial charge in [0.2, 0.25) is 0 Å². The standard InChI is InChI=1S/C16H30N2O3/c1-3-13-9-12-6-7-15(13)14(11-16(2,17)10-12)5-4-8-21-18(19)20/h12-15H,3-11,17H2,1-2H3. The number of hydrogen-bond donors (Lipinski definition) is 1. The minimum absolute atomic E-state index is 0.0727. The Balaban J connectivity index is 1.98. The molecule has 0 spiro atoms. The third-order valence-electron chi connectivity index (χ3n) is 5.68. The minimum Gasteiger partial charge on any atom is -0.325 e. The van der Waals surface area contributed by atoms with Crippen molar-refractivity contribution in [1.82, 2.24) is 0 Å². The zero-order chi connectivity index (χ0) is 15.5. The van der Waals surface area contributed by atoms with Crippen molar-refractivity contribution in [1.29, 1.82) is 0 Å². The molecule has 0 radical (unpaired) electrons. The number of nitrogens with two attached hydrogens (primary N) is 1. The van der Waals surface area contributed by atoms with Gasteiger partial charge < -0.3 is 10.6 Å². The SMILES string of the molecule is CCC1CC2CCC1C(CCCO[N+](=O)[O-])CC(C)(N)C2. The molecule has 0 aromatic carbocycles. The molecule has 3 rings (SSSR count). The highest BCUT2D eigenvalue weighted by Gasteiger charge is 2.41. The lowest BCUT2D eigenvalue weighted by Gasteiger charge is -2.48. The fourth-order valence-corrected chi connectivity index (χ4v) is 4.95. The van der Waals surface area contributed by atoms with Gasteiger partial charge in [-0.3, -0.25) is 0 Å². The van der Waals surface area contributed by atoms with E-state index in [9.17, 15) is 10.1 Å². The molecule has 0 heterocycles. The van der Waals surface area contributed by atoms with Crippen LogP contribution in [-0.2, 0) is 4.84 Å². The molecule has 122 valence electrons. The maximum absolute atomic E-state index is 10.2. The molecule has 5 heteroatoms. The van der Waals surface area contributed by atoms with Crippen molar-refractivity contribution in [2.24, 2.45) is 29.4 Å². The van der Waals surface area contributed by atoms with Crippen molar-refractivity contribution in [3.8, 4) is 0 Å². The summed E-state index contributed by atoms with van der Waals surface area (Å²) in [6.45, 7) is 4.71. The van der Waals surface area contributed by atoms with E-state index in [0.29, 0.717) is 5.92 Å². The summed E-state index contributed by atoms with van der Waals surface area (Å²) in [5.41, 5.74) is 6.45. The van der Waals surface area contributed by atoms with Gasteiger partial charge in [0.15, 0.2) is 0 Å². The molecule has 3 aliphatic rings. The van der Waals surface area contributed by atoms with Crippen LogP contribution >= 0.6 is 0 Å². The van der Waals surface area contributed by atoms with Crippen LogP contribution in [0.3, 0.4) is 0 Å². The predicted octanol–water partition coefficient (Wildman–Crippen LogP) is 3.54. The lowest BCUT2D eigenvalue weighted by molar-refractivity contribution is -0.757. The molecule has 5 atom stereocenters. The van der Waals surface area contributed by atoms with Crippen molar-refractivity contribution in [2.45, 2.75) is 70.8 Å². The Bertz CT molecular complexity index is 359. The van der Waals surface area contributed by atoms with Crippen molar-refractivity contribution in [3.05, 3.63) is 10.1 Å². The van der Waals surface area contributed by atoms with Gasteiger partial charge in [-0.15, -0.1) is 10.1 Å². The van der Waals surface area contributed by atoms with E-state index in [-0.39, 0.29) is 12.1 Å². The van der Waals surface area contributed by atoms with Gasteiger partial charge in [0.05, 0.1) is 6.61 Å². The Morgan fingerprint density at radius 2 is 2.10 bits per heavy atom. The zero-order valence-electron chi connectivity index (χ0n) is 13.4. The van der Waals surface area contributed by atoms with E-state index in [1.807, 2.05) is 0 Å². The van der Waals surface area contributed by atoms with Crippen molar-refractivity contribution in [2.75, 3.05) is 6.61 Å². The van der Waals surface area contributed by atoms with Crippen molar-refractivity contribution in [3.63, 3.8) is 0 Å². The van der Waals surface area contributed by atoms with Crippen LogP contribution in [0.4, 0.5) is 0 Å². The monoisotopic (exact) mass is 298 g/mol. The van der Waals surface area contributed by atoms with Gasteiger partial charge in [-0.2, -0.15) is 0 Å². The van der Waals surface area contributed by atoms with Gasteiger partial charge in [0, 0.05) is 5.54 Å². The largest absolute Gasteiger partial charge is 0.325 e. The minimum atomic E-state index is -0.689. The third kappa shape index (κ3) is 4.56. The Morgan fingerprint density at radius 1 is 1.33 bits per heavy atom. The first-order chi connectivity index (χ1) is 9.91. The highest BCUT2D eigenvalue weighted by molar-refractivity contribution is 4.95. The first-order valence-electron chi connectivity index (χ1n) is 8.47. The van der Waals surface area contributed by atoms with Crippen LogP contribution in [0, 0.1) is 33.8 Å². The van der Waals surface area contributed by atoms with Crippen LogP contribution in [0.5, 0.6) is 0 Å². The molecule has 5 nitrogen and oxygen atoms in total. The van der Waals surface area contributed by atoms with E-state index >= 15 is 0 Å². The summed E-state index contributed by atoms with van der Waals surface area (Å²) >= 11 is 0. The van der Waals surface area contributed by atoms with Crippen molar-refractivity contribution >= 4 is 0 Å². The summed E-state index contributed by atoms with van der Waals surface area (Å²) in [5, 5.41) is 9.55. The summed E-state index contributed by atoms with van der Waals surface area (Å²) in [6, 6.07) is 0. The molecule has 2 bridgehead atoms. The molecule has 0 saturated heterocycles. The number of nitrogens with zero attached hydrogens (tertiary/aromatic N) is 1. The zero-order valence-corrected chi connectivity index (χ0v) is 13.4. The first-order valence-corrected chi connectivity index (χ1v) is 8.47. The van der Waals surface area contributed by atoms with Gasteiger partial charge in [0.1, 0.15) is 0 Å². The van der Waals surface area contributed by atoms with Crippen LogP contribution in [0.15, 0.2) is 0 Å². The van der Waals surface area contributed by atoms with Gasteiger partial charge in [0.25, 0.3) is 5.09 Å². The lowest BCUT2D eigenvalue weighted by Crippen LogP contribution is -2.47. The van der Waals surface area contributed by atoms with Gasteiger partial charge in [-0.25, -0.2) is 0 Å². The molecule has 0 aromatic heterocycles. The normalized spacial score (nSPS) is 39.6. The second-order valence-electron chi connectivity index (χ2n) is 7.53. The van der Waals surface area contributed by atoms with E-state index in [1.54, 1.807) is 0 Å². The molecule has 5 unspecified atom stereocenters. The lowest BCUT2D eigenvalue weighted by atomic mass is 9.59. The third-order valence-corrected chi connectivity index (χ3v) is 5.68. The average Bonchev–Trinajstić information content (AvgIpc) is 2.39. The first kappa shape index (κ1) is 16.5. The fraction of sp³-hybridized carbons (Fsp3) is 1.00. The Hall–Kier alpha value is -0.840. The molecule has 3 fully saturated rings. The highest BCUT2D eigenvalue weighted by Crippen LogP contribution is 2.48. The Kier molecular flexibility index (Phi) is 5.47. The van der Waals surface area contributed by atoms with E-state index in [2.05, 4.69) is 18.7 Å². The molecular weight excluding hydrogens is 268 g/mol. The molecule has 0 amide bonds. The maximum Gasteiger partial charge on any atom is 0.294 e. The van der Waals surface area contributed by atoms with Crippen LogP contribution in [-0.4, -0.2) is 17.2 Å². The van der Waals surface area contributed by atoms with E-state index < -0.39 is 5.09 Å². The van der Waals surface area contributed by atoms with Gasteiger partial charge in [-0.05, 0) is 69.1 Å². The van der Waals surface area contributed by atoms with E-state index in [1.165, 1.54) is 25.7 Å². The van der Waals surface area contributed by atoms with Gasteiger partial charge >= 0.3 is 0 Å². The Labute approximate surface area is 127 Å². The summed E-state index contributed by atoms with van der Waals surface area (Å²) in [7, 11) is 0. The molecular formula is C16H30N2O3. The number of rotatable bonds is 6.